The van der Waals surface area contributed by atoms with Gasteiger partial charge in [0.25, 0.3) is 0 Å². The van der Waals surface area contributed by atoms with Gasteiger partial charge in [0.15, 0.2) is 35.6 Å². The van der Waals surface area contributed by atoms with Crippen LogP contribution in [0.3, 0.4) is 0 Å². The van der Waals surface area contributed by atoms with Crippen molar-refractivity contribution in [2.24, 2.45) is 11.8 Å². The number of phenolic OH excluding ortho intramolecular Hbond substituents is 1. The number of rotatable bonds is 6. The van der Waals surface area contributed by atoms with Crippen LogP contribution in [0.25, 0.3) is 0 Å². The Labute approximate surface area is 267 Å². The first-order valence-corrected chi connectivity index (χ1v) is 15.8. The van der Waals surface area contributed by atoms with Crippen molar-refractivity contribution < 1.29 is 62.7 Å². The molecule has 0 bridgehead atoms. The van der Waals surface area contributed by atoms with E-state index in [1.807, 2.05) is 23.6 Å². The number of methoxy groups -OCH3 is 2. The average molecular weight is 657 g/mol. The first-order valence-electron chi connectivity index (χ1n) is 14.9. The standard InChI is InChI=1S/C32H32O13S/c1-37-19-6-13(7-20(38-2)25(19)33)23-14-8-17-18(42-12-41-17)9-15(14)28(16-10-39-30(36)24(16)23)44-32-27(35)26(34)29-21(43-32)11-40-31(45-29)22-4-3-5-46-22/h3-9,16,21,23-24,26-29,31-35H,10-12H2,1-2H3/t16-,21-,23-,24-,26-,27+,28+,29-,31-,32+/m0/s1. The summed E-state index contributed by atoms with van der Waals surface area (Å²) in [5, 5.41) is 35.0. The summed E-state index contributed by atoms with van der Waals surface area (Å²) in [5.41, 5.74) is 2.00. The monoisotopic (exact) mass is 656 g/mol. The topological polar surface area (TPSA) is 161 Å². The summed E-state index contributed by atoms with van der Waals surface area (Å²) < 4.78 is 52.6. The number of hydrogen-bond acceptors (Lipinski definition) is 14. The number of cyclic esters (lactones) is 1. The second-order valence-electron chi connectivity index (χ2n) is 11.8. The molecule has 4 aliphatic heterocycles. The van der Waals surface area contributed by atoms with Crippen LogP contribution in [0, 0.1) is 11.8 Å². The van der Waals surface area contributed by atoms with Gasteiger partial charge >= 0.3 is 5.97 Å². The molecule has 10 atom stereocenters. The predicted molar refractivity (Wildman–Crippen MR) is 156 cm³/mol. The number of phenols is 1. The summed E-state index contributed by atoms with van der Waals surface area (Å²) in [6.45, 7) is 0.171. The van der Waals surface area contributed by atoms with E-state index >= 15 is 0 Å². The lowest BCUT2D eigenvalue weighted by Gasteiger charge is -2.48. The number of aliphatic hydroxyl groups is 2. The molecule has 1 aromatic heterocycles. The van der Waals surface area contributed by atoms with Gasteiger partial charge in [0.1, 0.15) is 24.4 Å². The molecule has 0 amide bonds. The predicted octanol–water partition coefficient (Wildman–Crippen LogP) is 2.75. The summed E-state index contributed by atoms with van der Waals surface area (Å²) in [5.74, 6) is -1.08. The summed E-state index contributed by atoms with van der Waals surface area (Å²) in [6.07, 6.45) is -7.16. The molecular formula is C32H32O13S. The van der Waals surface area contributed by atoms with Crippen molar-refractivity contribution in [1.29, 1.82) is 0 Å². The third-order valence-electron chi connectivity index (χ3n) is 9.37. The number of esters is 1. The van der Waals surface area contributed by atoms with Crippen LogP contribution in [0.2, 0.25) is 0 Å². The Morgan fingerprint density at radius 3 is 2.35 bits per heavy atom. The van der Waals surface area contributed by atoms with Crippen molar-refractivity contribution in [3.8, 4) is 28.7 Å². The van der Waals surface area contributed by atoms with E-state index < -0.39 is 66.8 Å². The van der Waals surface area contributed by atoms with Crippen LogP contribution < -0.4 is 18.9 Å². The van der Waals surface area contributed by atoms with Crippen molar-refractivity contribution >= 4 is 17.3 Å². The zero-order valence-electron chi connectivity index (χ0n) is 24.8. The summed E-state index contributed by atoms with van der Waals surface area (Å²) in [6, 6.07) is 10.7. The van der Waals surface area contributed by atoms with Gasteiger partial charge < -0.3 is 58.0 Å². The highest BCUT2D eigenvalue weighted by atomic mass is 32.1. The number of carbonyl (C=O) groups is 1. The fourth-order valence-electron chi connectivity index (χ4n) is 7.18. The van der Waals surface area contributed by atoms with Crippen LogP contribution in [0.4, 0.5) is 0 Å². The van der Waals surface area contributed by atoms with Crippen molar-refractivity contribution in [3.05, 3.63) is 63.3 Å². The van der Waals surface area contributed by atoms with Crippen molar-refractivity contribution in [1.82, 2.24) is 0 Å². The van der Waals surface area contributed by atoms with Gasteiger partial charge in [-0.05, 0) is 52.4 Å². The molecule has 3 saturated heterocycles. The maximum absolute atomic E-state index is 13.5. The number of benzene rings is 2. The number of hydrogen-bond donors (Lipinski definition) is 3. The van der Waals surface area contributed by atoms with Crippen LogP contribution in [0.1, 0.15) is 39.9 Å². The zero-order chi connectivity index (χ0) is 31.7. The quantitative estimate of drug-likeness (QED) is 0.333. The van der Waals surface area contributed by atoms with E-state index in [9.17, 15) is 20.1 Å². The van der Waals surface area contributed by atoms with E-state index in [1.165, 1.54) is 25.6 Å². The molecule has 1 aliphatic carbocycles. The molecule has 8 rings (SSSR count). The molecule has 5 aliphatic rings. The highest BCUT2D eigenvalue weighted by molar-refractivity contribution is 7.10. The zero-order valence-corrected chi connectivity index (χ0v) is 25.6. The molecule has 0 radical (unpaired) electrons. The van der Waals surface area contributed by atoms with Crippen LogP contribution >= 0.6 is 11.3 Å². The normalized spacial score (nSPS) is 34.3. The maximum atomic E-state index is 13.5. The third-order valence-corrected chi connectivity index (χ3v) is 10.3. The van der Waals surface area contributed by atoms with Gasteiger partial charge in [0, 0.05) is 11.8 Å². The lowest BCUT2D eigenvalue weighted by atomic mass is 9.66. The second-order valence-corrected chi connectivity index (χ2v) is 12.7. The largest absolute Gasteiger partial charge is 0.502 e. The number of aliphatic hydroxyl groups excluding tert-OH is 2. The van der Waals surface area contributed by atoms with Crippen LogP contribution in [-0.4, -0.2) is 86.2 Å². The highest BCUT2D eigenvalue weighted by Gasteiger charge is 2.56. The summed E-state index contributed by atoms with van der Waals surface area (Å²) in [7, 11) is 2.86. The van der Waals surface area contributed by atoms with Crippen LogP contribution in [0.15, 0.2) is 41.8 Å². The Morgan fingerprint density at radius 2 is 1.65 bits per heavy atom. The van der Waals surface area contributed by atoms with Gasteiger partial charge in [-0.3, -0.25) is 4.79 Å². The second kappa shape index (κ2) is 11.6. The molecule has 0 unspecified atom stereocenters. The third kappa shape index (κ3) is 4.70. The summed E-state index contributed by atoms with van der Waals surface area (Å²) in [4.78, 5) is 14.3. The minimum absolute atomic E-state index is 0.0242. The van der Waals surface area contributed by atoms with Gasteiger partial charge in [-0.15, -0.1) is 11.3 Å². The van der Waals surface area contributed by atoms with Crippen LogP contribution in [-0.2, 0) is 28.5 Å². The Morgan fingerprint density at radius 1 is 0.913 bits per heavy atom. The number of ether oxygens (including phenoxy) is 9. The van der Waals surface area contributed by atoms with Crippen molar-refractivity contribution in [3.63, 3.8) is 0 Å². The molecule has 5 heterocycles. The average Bonchev–Trinajstić information content (AvgIpc) is 3.85. The Bertz CT molecular complexity index is 1600. The van der Waals surface area contributed by atoms with E-state index in [0.717, 1.165) is 4.88 Å². The van der Waals surface area contributed by atoms with E-state index in [2.05, 4.69) is 0 Å². The molecule has 3 fully saturated rings. The van der Waals surface area contributed by atoms with Crippen molar-refractivity contribution in [2.75, 3.05) is 34.2 Å². The van der Waals surface area contributed by atoms with E-state index in [4.69, 9.17) is 42.6 Å². The molecule has 2 aromatic carbocycles. The molecular weight excluding hydrogens is 624 g/mol. The molecule has 0 spiro atoms. The minimum atomic E-state index is -1.47. The smallest absolute Gasteiger partial charge is 0.310 e. The molecule has 244 valence electrons. The Balaban J connectivity index is 1.16. The fraction of sp³-hybridized carbons (Fsp3) is 0.469. The first-order chi connectivity index (χ1) is 22.4. The summed E-state index contributed by atoms with van der Waals surface area (Å²) >= 11 is 1.46. The van der Waals surface area contributed by atoms with Gasteiger partial charge in [-0.1, -0.05) is 6.07 Å². The molecule has 46 heavy (non-hydrogen) atoms. The fourth-order valence-corrected chi connectivity index (χ4v) is 7.89. The van der Waals surface area contributed by atoms with E-state index in [1.54, 1.807) is 18.2 Å². The molecule has 13 nitrogen and oxygen atoms in total. The Kier molecular flexibility index (Phi) is 7.48. The number of fused-ring (bicyclic) bond motifs is 4. The van der Waals surface area contributed by atoms with E-state index in [-0.39, 0.29) is 37.3 Å². The van der Waals surface area contributed by atoms with Gasteiger partial charge in [0.05, 0.1) is 44.3 Å². The highest BCUT2D eigenvalue weighted by Crippen LogP contribution is 2.57. The first kappa shape index (κ1) is 29.8. The lowest BCUT2D eigenvalue weighted by Crippen LogP contribution is -2.62. The SMILES string of the molecule is COc1cc([C@H]2c3cc4c(cc3[C@@H](O[C@H]3O[C@H]5CO[C@H](c6cccs6)O[C@@H]5[C@@H](O)[C@H]3O)[C@H]3COC(=O)[C@H]23)OCO4)cc(OC)c1O. The van der Waals surface area contributed by atoms with Crippen molar-refractivity contribution in [2.45, 2.75) is 49.0 Å². The Hall–Kier alpha value is -3.63. The number of thiophene rings is 1. The molecule has 3 N–H and O–H groups in total. The van der Waals surface area contributed by atoms with E-state index in [0.29, 0.717) is 28.2 Å². The van der Waals surface area contributed by atoms with Crippen LogP contribution in [0.5, 0.6) is 28.7 Å². The number of carbonyl (C=O) groups excluding carboxylic acids is 1. The molecule has 14 heteroatoms. The lowest BCUT2D eigenvalue weighted by molar-refractivity contribution is -0.368. The maximum Gasteiger partial charge on any atom is 0.310 e. The van der Waals surface area contributed by atoms with Gasteiger partial charge in [0.2, 0.25) is 12.5 Å². The molecule has 0 saturated carbocycles. The van der Waals surface area contributed by atoms with Gasteiger partial charge in [-0.25, -0.2) is 0 Å². The minimum Gasteiger partial charge on any atom is -0.502 e. The number of aromatic hydroxyl groups is 1. The molecule has 3 aromatic rings. The van der Waals surface area contributed by atoms with Gasteiger partial charge in [-0.2, -0.15) is 0 Å².